The van der Waals surface area contributed by atoms with Crippen LogP contribution in [-0.4, -0.2) is 84.8 Å². The van der Waals surface area contributed by atoms with E-state index in [0.717, 1.165) is 5.56 Å². The van der Waals surface area contributed by atoms with Crippen LogP contribution in [0, 0.1) is 37.5 Å². The number of ketones is 1. The number of allylic oxidation sites excluding steroid dienone is 2. The van der Waals surface area contributed by atoms with Crippen LogP contribution in [0.5, 0.6) is 17.2 Å². The van der Waals surface area contributed by atoms with Crippen molar-refractivity contribution in [2.24, 2.45) is 23.7 Å². The Bertz CT molecular complexity index is 2380. The van der Waals surface area contributed by atoms with E-state index in [2.05, 4.69) is 5.32 Å². The third kappa shape index (κ3) is 7.10. The molecule has 14 nitrogen and oxygen atoms in total. The van der Waals surface area contributed by atoms with E-state index in [1.807, 2.05) is 19.1 Å². The maximum absolute atomic E-state index is 14.6. The average Bonchev–Trinajstić information content (AvgIpc) is 3.67. The number of phenols is 2. The number of ether oxygens (including phenoxy) is 4. The highest BCUT2D eigenvalue weighted by Gasteiger charge is 2.50. The van der Waals surface area contributed by atoms with Crippen molar-refractivity contribution >= 4 is 50.8 Å². The molecule has 0 radical (unpaired) electrons. The Balaban J connectivity index is 1.58. The zero-order chi connectivity index (χ0) is 41.8. The molecule has 2 aliphatic rings. The Kier molecular flexibility index (Phi) is 11.2. The van der Waals surface area contributed by atoms with Gasteiger partial charge < -0.3 is 44.7 Å². The minimum atomic E-state index is -1.96. The van der Waals surface area contributed by atoms with Crippen LogP contribution in [0.1, 0.15) is 70.0 Å². The summed E-state index contributed by atoms with van der Waals surface area (Å²) >= 11 is 0. The number of carbonyl (C=O) groups excluding carboxylic acids is 3. The van der Waals surface area contributed by atoms with Gasteiger partial charge in [0.05, 0.1) is 35.5 Å². The Hall–Kier alpha value is -5.44. The highest BCUT2D eigenvalue weighted by molar-refractivity contribution is 6.28. The maximum Gasteiger partial charge on any atom is 0.312 e. The lowest BCUT2D eigenvalue weighted by atomic mass is 9.78. The number of nitrogens with one attached hydrogen (secondary N) is 1. The topological polar surface area (TPSA) is 198 Å². The molecule has 6 rings (SSSR count). The Labute approximate surface area is 330 Å². The van der Waals surface area contributed by atoms with Crippen LogP contribution in [0.2, 0.25) is 0 Å². The van der Waals surface area contributed by atoms with Crippen molar-refractivity contribution in [3.63, 3.8) is 0 Å². The Morgan fingerprint density at radius 3 is 2.35 bits per heavy atom. The zero-order valence-electron chi connectivity index (χ0n) is 33.8. The smallest absolute Gasteiger partial charge is 0.312 e. The van der Waals surface area contributed by atoms with Gasteiger partial charge in [-0.1, -0.05) is 45.9 Å². The highest BCUT2D eigenvalue weighted by Crippen LogP contribution is 2.54. The van der Waals surface area contributed by atoms with Crippen LogP contribution < -0.4 is 10.1 Å². The molecule has 1 amide bonds. The number of nitrogens with zero attached hydrogens (tertiary/aromatic N) is 2. The second-order valence-corrected chi connectivity index (χ2v) is 15.6. The normalized spacial score (nSPS) is 30.8. The fourth-order valence-electron chi connectivity index (χ4n) is 8.03. The maximum atomic E-state index is 14.6. The van der Waals surface area contributed by atoms with Gasteiger partial charge in [0.1, 0.15) is 40.0 Å². The number of pyridine rings is 1. The second-order valence-electron chi connectivity index (χ2n) is 15.6. The van der Waals surface area contributed by atoms with E-state index in [9.17, 15) is 34.8 Å². The van der Waals surface area contributed by atoms with E-state index in [1.165, 1.54) is 40.2 Å². The fourth-order valence-corrected chi connectivity index (χ4v) is 8.03. The first kappa shape index (κ1) is 41.2. The summed E-state index contributed by atoms with van der Waals surface area (Å²) in [6, 6.07) is 3.64. The fraction of sp³-hybridized carbons (Fsp3) is 0.442. The van der Waals surface area contributed by atoms with Crippen LogP contribution in [0.3, 0.4) is 0 Å². The number of imidazole rings is 1. The molecule has 4 aromatic rings. The van der Waals surface area contributed by atoms with Crippen molar-refractivity contribution in [1.29, 1.82) is 0 Å². The quantitative estimate of drug-likeness (QED) is 0.115. The van der Waals surface area contributed by atoms with Gasteiger partial charge in [-0.2, -0.15) is 0 Å². The van der Waals surface area contributed by atoms with Crippen LogP contribution in [0.15, 0.2) is 54.5 Å². The number of amides is 1. The number of hydrogen-bond donors (Lipinski definition) is 5. The predicted molar refractivity (Wildman–Crippen MR) is 213 cm³/mol. The van der Waals surface area contributed by atoms with Crippen LogP contribution in [-0.2, 0) is 23.8 Å². The van der Waals surface area contributed by atoms with Crippen LogP contribution in [0.25, 0.3) is 27.5 Å². The molecule has 2 aliphatic heterocycles. The summed E-state index contributed by atoms with van der Waals surface area (Å²) in [6.45, 7) is 14.7. The number of rotatable bonds is 2. The third-order valence-electron chi connectivity index (χ3n) is 11.5. The number of hydrogen-bond acceptors (Lipinski definition) is 12. The van der Waals surface area contributed by atoms with Crippen LogP contribution >= 0.6 is 0 Å². The zero-order valence-corrected chi connectivity index (χ0v) is 33.8. The van der Waals surface area contributed by atoms with E-state index in [-0.39, 0.29) is 55.7 Å². The molecule has 0 saturated carbocycles. The van der Waals surface area contributed by atoms with E-state index in [1.54, 1.807) is 63.4 Å². The lowest BCUT2D eigenvalue weighted by molar-refractivity contribution is -0.160. The van der Waals surface area contributed by atoms with Gasteiger partial charge in [-0.05, 0) is 44.5 Å². The molecule has 9 atom stereocenters. The summed E-state index contributed by atoms with van der Waals surface area (Å²) in [5, 5.41) is 49.4. The molecular weight excluding hydrogens is 734 g/mol. The number of Topliss-reactive ketones (excluding diaryl/α,β-unsaturated/α-hetero) is 1. The van der Waals surface area contributed by atoms with Crippen molar-refractivity contribution in [3.8, 4) is 17.2 Å². The summed E-state index contributed by atoms with van der Waals surface area (Å²) < 4.78 is 25.5. The summed E-state index contributed by atoms with van der Waals surface area (Å²) in [5.41, 5.74) is 2.18. The molecule has 0 aliphatic carbocycles. The molecule has 2 aromatic carbocycles. The number of fused-ring (bicyclic) bond motifs is 2. The van der Waals surface area contributed by atoms with Crippen molar-refractivity contribution in [2.45, 2.75) is 92.5 Å². The van der Waals surface area contributed by atoms with Crippen molar-refractivity contribution in [1.82, 2.24) is 9.38 Å². The molecule has 4 heterocycles. The van der Waals surface area contributed by atoms with E-state index < -0.39 is 77.3 Å². The number of aromatic nitrogens is 2. The van der Waals surface area contributed by atoms with Gasteiger partial charge in [0, 0.05) is 67.3 Å². The highest BCUT2D eigenvalue weighted by atomic mass is 16.7. The number of aromatic hydroxyl groups is 2. The summed E-state index contributed by atoms with van der Waals surface area (Å²) in [5.74, 6) is -6.96. The molecule has 5 N–H and O–H groups in total. The average molecular weight is 786 g/mol. The Morgan fingerprint density at radius 1 is 0.982 bits per heavy atom. The molecule has 0 saturated heterocycles. The number of benzene rings is 2. The molecule has 0 unspecified atom stereocenters. The lowest BCUT2D eigenvalue weighted by Gasteiger charge is -2.38. The molecular formula is C43H51N3O11. The van der Waals surface area contributed by atoms with Crippen molar-refractivity contribution in [3.05, 3.63) is 71.2 Å². The summed E-state index contributed by atoms with van der Waals surface area (Å²) in [7, 11) is 1.46. The number of carbonyl (C=O) groups is 3. The SMILES string of the molecule is CO[C@H]1/C=C/O[C@@]2(C)Oc3c(C)c(O)c4c(O)c(c5c(nc6cc(C)ccn65)c4c3C2=O)NC(=O)/C(C)=C\C=C\[C@H](C)[C@H](O)[C@@H](C)[C@@H](O)[C@H](C)[C@H](OC(C)=O)[C@H]1C. The standard InChI is InChI=1S/C43H51N3O11/c1-19-14-16-46-28(18-19)44-32-29-30-37(50)25(7)40-31(29)41(52)43(9,57-40)55-17-15-27(54-10)22(4)39(56-26(8)47)24(6)36(49)23(5)35(48)20(2)12-11-13-21(3)42(53)45-33(34(32)46)38(30)51/h11-18,20,22-24,27,35-36,39,48-51H,1-10H3,(H,45,53)/b12-11+,17-15+,21-13-/t20-,22-,23+,24-,27-,35-,36+,39+,43-/m0/s1. The number of aliphatic hydroxyl groups excluding tert-OH is 2. The molecule has 14 heteroatoms. The summed E-state index contributed by atoms with van der Waals surface area (Å²) in [4.78, 5) is 45.6. The number of aryl methyl sites for hydroxylation is 1. The predicted octanol–water partition coefficient (Wildman–Crippen LogP) is 6.16. The molecule has 0 fully saturated rings. The van der Waals surface area contributed by atoms with Crippen LogP contribution in [0.4, 0.5) is 5.69 Å². The number of esters is 1. The molecule has 4 bridgehead atoms. The van der Waals surface area contributed by atoms with Gasteiger partial charge in [0.25, 0.3) is 11.7 Å². The number of phenolic OH excluding ortho intramolecular Hbond substituents is 2. The van der Waals surface area contributed by atoms with E-state index >= 15 is 0 Å². The first-order valence-corrected chi connectivity index (χ1v) is 19.0. The largest absolute Gasteiger partial charge is 0.507 e. The first-order valence-electron chi connectivity index (χ1n) is 19.0. The minimum absolute atomic E-state index is 0.0185. The van der Waals surface area contributed by atoms with Gasteiger partial charge in [0.15, 0.2) is 5.75 Å². The number of aliphatic hydroxyl groups is 2. The van der Waals surface area contributed by atoms with Gasteiger partial charge >= 0.3 is 11.8 Å². The van der Waals surface area contributed by atoms with Crippen molar-refractivity contribution in [2.75, 3.05) is 12.4 Å². The molecule has 304 valence electrons. The van der Waals surface area contributed by atoms with Gasteiger partial charge in [0.2, 0.25) is 0 Å². The van der Waals surface area contributed by atoms with Gasteiger partial charge in [-0.15, -0.1) is 0 Å². The third-order valence-corrected chi connectivity index (χ3v) is 11.5. The first-order chi connectivity index (χ1) is 26.8. The number of methoxy groups -OCH3 is 1. The monoisotopic (exact) mass is 785 g/mol. The van der Waals surface area contributed by atoms with Crippen molar-refractivity contribution < 1.29 is 53.8 Å². The van der Waals surface area contributed by atoms with E-state index in [4.69, 9.17) is 23.9 Å². The lowest BCUT2D eigenvalue weighted by Crippen LogP contribution is -2.46. The Morgan fingerprint density at radius 2 is 1.68 bits per heavy atom. The second kappa shape index (κ2) is 15.5. The molecule has 0 spiro atoms. The van der Waals surface area contributed by atoms with Gasteiger partial charge in [-0.25, -0.2) is 4.98 Å². The summed E-state index contributed by atoms with van der Waals surface area (Å²) in [6.07, 6.45) is 5.62. The minimum Gasteiger partial charge on any atom is -0.507 e. The van der Waals surface area contributed by atoms with E-state index in [0.29, 0.717) is 5.65 Å². The molecule has 57 heavy (non-hydrogen) atoms. The number of anilines is 1. The molecule has 2 aromatic heterocycles. The van der Waals surface area contributed by atoms with Gasteiger partial charge in [-0.3, -0.25) is 18.8 Å².